The highest BCUT2D eigenvalue weighted by Crippen LogP contribution is 2.20. The minimum Gasteiger partial charge on any atom is -0.205 e. The summed E-state index contributed by atoms with van der Waals surface area (Å²) in [5.74, 6) is 0.0913. The van der Waals surface area contributed by atoms with Crippen molar-refractivity contribution in [1.29, 1.82) is 0 Å². The van der Waals surface area contributed by atoms with Gasteiger partial charge in [-0.2, -0.15) is 0 Å². The minimum atomic E-state index is -0.357. The molecule has 15 heavy (non-hydrogen) atoms. The summed E-state index contributed by atoms with van der Waals surface area (Å²) in [6.07, 6.45) is 1.65. The van der Waals surface area contributed by atoms with Crippen LogP contribution in [0.2, 0.25) is 5.02 Å². The standard InChI is InChI=1S/C12H15Cl2F/c1-8(2)10(13)5-3-9-4-6-11(14)12(15)7-9/h4,6-8,10H,3,5H2,1-2H3. The summed E-state index contributed by atoms with van der Waals surface area (Å²) in [4.78, 5) is 0. The molecule has 0 aliphatic heterocycles. The molecule has 0 aliphatic rings. The predicted octanol–water partition coefficient (Wildman–Crippen LogP) is 4.68. The van der Waals surface area contributed by atoms with Crippen molar-refractivity contribution in [2.75, 3.05) is 0 Å². The van der Waals surface area contributed by atoms with Crippen molar-refractivity contribution in [2.45, 2.75) is 32.1 Å². The van der Waals surface area contributed by atoms with Crippen LogP contribution in [0.25, 0.3) is 0 Å². The second-order valence-electron chi connectivity index (χ2n) is 4.05. The topological polar surface area (TPSA) is 0 Å². The van der Waals surface area contributed by atoms with Gasteiger partial charge in [-0.3, -0.25) is 0 Å². The lowest BCUT2D eigenvalue weighted by Crippen LogP contribution is -2.08. The molecule has 0 amide bonds. The molecular formula is C12H15Cl2F. The molecule has 0 N–H and O–H groups in total. The molecule has 0 aromatic heterocycles. The van der Waals surface area contributed by atoms with Gasteiger partial charge < -0.3 is 0 Å². The van der Waals surface area contributed by atoms with Crippen LogP contribution in [0, 0.1) is 11.7 Å². The fraction of sp³-hybridized carbons (Fsp3) is 0.500. The van der Waals surface area contributed by atoms with Crippen LogP contribution in [0.3, 0.4) is 0 Å². The molecule has 0 bridgehead atoms. The largest absolute Gasteiger partial charge is 0.205 e. The Bertz CT molecular complexity index is 323. The number of alkyl halides is 1. The average molecular weight is 249 g/mol. The SMILES string of the molecule is CC(C)C(Cl)CCc1ccc(Cl)c(F)c1. The number of halogens is 3. The van der Waals surface area contributed by atoms with E-state index in [0.29, 0.717) is 5.92 Å². The number of rotatable bonds is 4. The molecule has 0 saturated carbocycles. The quantitative estimate of drug-likeness (QED) is 0.680. The number of aryl methyl sites for hydroxylation is 1. The molecule has 0 fully saturated rings. The lowest BCUT2D eigenvalue weighted by molar-refractivity contribution is 0.563. The van der Waals surface area contributed by atoms with Crippen molar-refractivity contribution in [2.24, 2.45) is 5.92 Å². The molecule has 84 valence electrons. The number of hydrogen-bond acceptors (Lipinski definition) is 0. The number of benzene rings is 1. The number of hydrogen-bond donors (Lipinski definition) is 0. The maximum atomic E-state index is 13.1. The zero-order valence-corrected chi connectivity index (χ0v) is 10.4. The first-order chi connectivity index (χ1) is 7.00. The summed E-state index contributed by atoms with van der Waals surface area (Å²) in [5.41, 5.74) is 0.947. The highest BCUT2D eigenvalue weighted by Gasteiger charge is 2.10. The highest BCUT2D eigenvalue weighted by atomic mass is 35.5. The van der Waals surface area contributed by atoms with Crippen molar-refractivity contribution >= 4 is 23.2 Å². The van der Waals surface area contributed by atoms with Crippen LogP contribution in [0.15, 0.2) is 18.2 Å². The van der Waals surface area contributed by atoms with E-state index in [9.17, 15) is 4.39 Å². The normalized spacial score (nSPS) is 13.2. The summed E-state index contributed by atoms with van der Waals surface area (Å²) in [7, 11) is 0. The Kier molecular flexibility index (Phi) is 4.88. The van der Waals surface area contributed by atoms with Gasteiger partial charge in [0.15, 0.2) is 0 Å². The van der Waals surface area contributed by atoms with Crippen LogP contribution < -0.4 is 0 Å². The van der Waals surface area contributed by atoms with Crippen LogP contribution >= 0.6 is 23.2 Å². The minimum absolute atomic E-state index is 0.142. The van der Waals surface area contributed by atoms with Gasteiger partial charge in [-0.1, -0.05) is 31.5 Å². The van der Waals surface area contributed by atoms with Crippen molar-refractivity contribution in [3.8, 4) is 0 Å². The first-order valence-corrected chi connectivity index (χ1v) is 5.90. The Morgan fingerprint density at radius 2 is 2.00 bits per heavy atom. The summed E-state index contributed by atoms with van der Waals surface area (Å²) in [6.45, 7) is 4.17. The molecule has 1 rings (SSSR count). The maximum absolute atomic E-state index is 13.1. The fourth-order valence-electron chi connectivity index (χ4n) is 1.33. The monoisotopic (exact) mass is 248 g/mol. The Morgan fingerprint density at radius 1 is 1.33 bits per heavy atom. The first kappa shape index (κ1) is 12.8. The van der Waals surface area contributed by atoms with Gasteiger partial charge in [0, 0.05) is 5.38 Å². The molecule has 0 aliphatic carbocycles. The van der Waals surface area contributed by atoms with Gasteiger partial charge >= 0.3 is 0 Å². The van der Waals surface area contributed by atoms with Crippen LogP contribution in [0.1, 0.15) is 25.8 Å². The van der Waals surface area contributed by atoms with E-state index in [-0.39, 0.29) is 16.2 Å². The van der Waals surface area contributed by atoms with Crippen molar-refractivity contribution in [3.05, 3.63) is 34.6 Å². The van der Waals surface area contributed by atoms with Gasteiger partial charge in [-0.25, -0.2) is 4.39 Å². The van der Waals surface area contributed by atoms with Gasteiger partial charge in [-0.15, -0.1) is 11.6 Å². The molecular weight excluding hydrogens is 234 g/mol. The second kappa shape index (κ2) is 5.72. The van der Waals surface area contributed by atoms with Gasteiger partial charge in [0.1, 0.15) is 5.82 Å². The van der Waals surface area contributed by atoms with E-state index < -0.39 is 0 Å². The van der Waals surface area contributed by atoms with E-state index >= 15 is 0 Å². The molecule has 0 saturated heterocycles. The smallest absolute Gasteiger partial charge is 0.142 e. The van der Waals surface area contributed by atoms with Crippen molar-refractivity contribution in [1.82, 2.24) is 0 Å². The lowest BCUT2D eigenvalue weighted by atomic mass is 10.0. The molecule has 0 heterocycles. The Balaban J connectivity index is 2.55. The predicted molar refractivity (Wildman–Crippen MR) is 64.2 cm³/mol. The Labute approximate surface area is 100 Å². The molecule has 0 nitrogen and oxygen atoms in total. The van der Waals surface area contributed by atoms with E-state index in [2.05, 4.69) is 13.8 Å². The van der Waals surface area contributed by atoms with Gasteiger partial charge in [0.2, 0.25) is 0 Å². The third kappa shape index (κ3) is 4.00. The summed E-state index contributed by atoms with van der Waals surface area (Å²) >= 11 is 11.7. The van der Waals surface area contributed by atoms with E-state index in [4.69, 9.17) is 23.2 Å². The molecule has 3 heteroatoms. The third-order valence-corrected chi connectivity index (χ3v) is 3.44. The summed E-state index contributed by atoms with van der Waals surface area (Å²) < 4.78 is 13.1. The molecule has 0 spiro atoms. The van der Waals surface area contributed by atoms with E-state index in [1.165, 1.54) is 6.07 Å². The first-order valence-electron chi connectivity index (χ1n) is 5.08. The highest BCUT2D eigenvalue weighted by molar-refractivity contribution is 6.30. The summed E-state index contributed by atoms with van der Waals surface area (Å²) in [6, 6.07) is 4.91. The second-order valence-corrected chi connectivity index (χ2v) is 5.01. The molecule has 1 unspecified atom stereocenters. The maximum Gasteiger partial charge on any atom is 0.142 e. The Hall–Kier alpha value is -0.270. The lowest BCUT2D eigenvalue weighted by Gasteiger charge is -2.12. The van der Waals surface area contributed by atoms with Gasteiger partial charge in [0.05, 0.1) is 5.02 Å². The van der Waals surface area contributed by atoms with Crippen LogP contribution in [0.5, 0.6) is 0 Å². The van der Waals surface area contributed by atoms with Crippen molar-refractivity contribution < 1.29 is 4.39 Å². The van der Waals surface area contributed by atoms with Gasteiger partial charge in [0.25, 0.3) is 0 Å². The van der Waals surface area contributed by atoms with E-state index in [1.807, 2.05) is 6.07 Å². The van der Waals surface area contributed by atoms with Crippen LogP contribution in [0.4, 0.5) is 4.39 Å². The third-order valence-electron chi connectivity index (χ3n) is 2.42. The van der Waals surface area contributed by atoms with Crippen molar-refractivity contribution in [3.63, 3.8) is 0 Å². The zero-order valence-electron chi connectivity index (χ0n) is 8.93. The molecule has 1 aromatic carbocycles. The van der Waals surface area contributed by atoms with E-state index in [0.717, 1.165) is 18.4 Å². The zero-order chi connectivity index (χ0) is 11.4. The van der Waals surface area contributed by atoms with Gasteiger partial charge in [-0.05, 0) is 36.5 Å². The Morgan fingerprint density at radius 3 is 2.53 bits per heavy atom. The fourth-order valence-corrected chi connectivity index (χ4v) is 1.56. The molecule has 1 aromatic rings. The molecule has 0 radical (unpaired) electrons. The van der Waals surface area contributed by atoms with Crippen LogP contribution in [-0.4, -0.2) is 5.38 Å². The molecule has 1 atom stereocenters. The summed E-state index contributed by atoms with van der Waals surface area (Å²) in [5, 5.41) is 0.314. The average Bonchev–Trinajstić information content (AvgIpc) is 2.19. The van der Waals surface area contributed by atoms with Crippen LogP contribution in [-0.2, 0) is 6.42 Å². The van der Waals surface area contributed by atoms with E-state index in [1.54, 1.807) is 6.07 Å².